The number of benzene rings is 1. The normalized spacial score (nSPS) is 23.7. The van der Waals surface area contributed by atoms with Crippen LogP contribution in [0, 0.1) is 12.8 Å². The highest BCUT2D eigenvalue weighted by atomic mass is 16.3. The molecule has 2 unspecified atom stereocenters. The van der Waals surface area contributed by atoms with Crippen molar-refractivity contribution in [3.05, 3.63) is 35.9 Å². The van der Waals surface area contributed by atoms with Gasteiger partial charge in [-0.05, 0) is 62.5 Å². The largest absolute Gasteiger partial charge is 0.507 e. The first-order chi connectivity index (χ1) is 12.2. The van der Waals surface area contributed by atoms with Crippen molar-refractivity contribution < 1.29 is 5.11 Å². The molecule has 5 heteroatoms. The van der Waals surface area contributed by atoms with Crippen molar-refractivity contribution in [3.8, 4) is 17.0 Å². The van der Waals surface area contributed by atoms with Crippen LogP contribution < -0.4 is 4.90 Å². The molecular formula is C20H26N4O. The van der Waals surface area contributed by atoms with Gasteiger partial charge in [-0.25, -0.2) is 0 Å². The maximum absolute atomic E-state index is 10.2. The monoisotopic (exact) mass is 338 g/mol. The Kier molecular flexibility index (Phi) is 4.34. The van der Waals surface area contributed by atoms with Gasteiger partial charge in [0.15, 0.2) is 5.82 Å². The van der Waals surface area contributed by atoms with Gasteiger partial charge in [0.05, 0.1) is 5.69 Å². The molecule has 0 amide bonds. The van der Waals surface area contributed by atoms with Gasteiger partial charge in [0.2, 0.25) is 0 Å². The van der Waals surface area contributed by atoms with Crippen LogP contribution >= 0.6 is 0 Å². The van der Waals surface area contributed by atoms with E-state index in [1.165, 1.54) is 19.4 Å². The van der Waals surface area contributed by atoms with E-state index in [0.29, 0.717) is 6.04 Å². The molecule has 2 aliphatic rings. The molecule has 2 saturated heterocycles. The van der Waals surface area contributed by atoms with Crippen LogP contribution in [-0.4, -0.2) is 52.4 Å². The molecule has 0 radical (unpaired) electrons. The topological polar surface area (TPSA) is 52.5 Å². The van der Waals surface area contributed by atoms with Crippen LogP contribution in [0.2, 0.25) is 0 Å². The molecule has 2 aliphatic heterocycles. The predicted octanol–water partition coefficient (Wildman–Crippen LogP) is 3.08. The third kappa shape index (κ3) is 2.97. The second kappa shape index (κ2) is 6.64. The molecule has 2 fully saturated rings. The molecule has 3 heterocycles. The zero-order valence-corrected chi connectivity index (χ0v) is 15.0. The number of hydrogen-bond acceptors (Lipinski definition) is 5. The smallest absolute Gasteiger partial charge is 0.151 e. The van der Waals surface area contributed by atoms with Gasteiger partial charge >= 0.3 is 0 Å². The summed E-state index contributed by atoms with van der Waals surface area (Å²) in [7, 11) is 0. The van der Waals surface area contributed by atoms with Crippen molar-refractivity contribution in [2.45, 2.75) is 32.7 Å². The highest BCUT2D eigenvalue weighted by molar-refractivity contribution is 5.70. The number of phenols is 1. The SMILES string of the molecule is CCN1CCC2CCN(c3ccc(-c4c(C)cccc4O)nn3)C2C1. The molecule has 25 heavy (non-hydrogen) atoms. The standard InChI is InChI=1S/C20H26N4O/c1-3-23-11-9-15-10-12-24(17(15)13-23)19-8-7-16(21-22-19)20-14(2)5-4-6-18(20)25/h4-8,15,17,25H,3,9-13H2,1-2H3. The van der Waals surface area contributed by atoms with Crippen LogP contribution in [0.1, 0.15) is 25.3 Å². The van der Waals surface area contributed by atoms with E-state index in [9.17, 15) is 5.11 Å². The number of rotatable bonds is 3. The summed E-state index contributed by atoms with van der Waals surface area (Å²) >= 11 is 0. The van der Waals surface area contributed by atoms with Crippen LogP contribution in [0.3, 0.4) is 0 Å². The van der Waals surface area contributed by atoms with E-state index >= 15 is 0 Å². The molecule has 2 aromatic rings. The minimum Gasteiger partial charge on any atom is -0.507 e. The van der Waals surface area contributed by atoms with Gasteiger partial charge in [0.1, 0.15) is 5.75 Å². The van der Waals surface area contributed by atoms with E-state index in [2.05, 4.69) is 33.0 Å². The number of fused-ring (bicyclic) bond motifs is 1. The predicted molar refractivity (Wildman–Crippen MR) is 99.8 cm³/mol. The van der Waals surface area contributed by atoms with E-state index in [0.717, 1.165) is 48.2 Å². The Morgan fingerprint density at radius 1 is 1.12 bits per heavy atom. The minimum absolute atomic E-state index is 0.258. The number of piperidine rings is 1. The molecule has 0 saturated carbocycles. The number of hydrogen-bond donors (Lipinski definition) is 1. The molecule has 1 aromatic heterocycles. The van der Waals surface area contributed by atoms with Crippen molar-refractivity contribution >= 4 is 5.82 Å². The van der Waals surface area contributed by atoms with Crippen molar-refractivity contribution in [3.63, 3.8) is 0 Å². The lowest BCUT2D eigenvalue weighted by Crippen LogP contribution is -2.48. The van der Waals surface area contributed by atoms with Crippen LogP contribution in [0.4, 0.5) is 5.82 Å². The van der Waals surface area contributed by atoms with E-state index in [1.54, 1.807) is 6.07 Å². The average Bonchev–Trinajstić information content (AvgIpc) is 3.05. The molecule has 2 atom stereocenters. The quantitative estimate of drug-likeness (QED) is 0.932. The zero-order valence-electron chi connectivity index (χ0n) is 15.0. The lowest BCUT2D eigenvalue weighted by Gasteiger charge is -2.38. The summed E-state index contributed by atoms with van der Waals surface area (Å²) in [6, 6.07) is 10.1. The number of likely N-dealkylation sites (N-methyl/N-ethyl adjacent to an activating group) is 1. The zero-order chi connectivity index (χ0) is 17.4. The molecule has 5 nitrogen and oxygen atoms in total. The Morgan fingerprint density at radius 2 is 1.96 bits per heavy atom. The van der Waals surface area contributed by atoms with Crippen LogP contribution in [0.25, 0.3) is 11.3 Å². The molecule has 0 spiro atoms. The maximum atomic E-state index is 10.2. The summed E-state index contributed by atoms with van der Waals surface area (Å²) in [6.45, 7) is 8.76. The van der Waals surface area contributed by atoms with E-state index in [1.807, 2.05) is 25.1 Å². The highest BCUT2D eigenvalue weighted by Gasteiger charge is 2.38. The number of likely N-dealkylation sites (tertiary alicyclic amines) is 1. The fourth-order valence-corrected chi connectivity index (χ4v) is 4.38. The Labute approximate surface area is 149 Å². The maximum Gasteiger partial charge on any atom is 0.151 e. The average molecular weight is 338 g/mol. The van der Waals surface area contributed by atoms with Gasteiger partial charge in [0.25, 0.3) is 0 Å². The van der Waals surface area contributed by atoms with Gasteiger partial charge in [-0.3, -0.25) is 0 Å². The van der Waals surface area contributed by atoms with Crippen molar-refractivity contribution in [1.29, 1.82) is 0 Å². The van der Waals surface area contributed by atoms with E-state index < -0.39 is 0 Å². The number of aromatic nitrogens is 2. The lowest BCUT2D eigenvalue weighted by molar-refractivity contribution is 0.182. The summed E-state index contributed by atoms with van der Waals surface area (Å²) in [4.78, 5) is 4.97. The number of aromatic hydroxyl groups is 1. The van der Waals surface area contributed by atoms with Crippen molar-refractivity contribution in [2.24, 2.45) is 5.92 Å². The summed E-state index contributed by atoms with van der Waals surface area (Å²) < 4.78 is 0. The second-order valence-electron chi connectivity index (χ2n) is 7.24. The third-order valence-corrected chi connectivity index (χ3v) is 5.85. The van der Waals surface area contributed by atoms with Crippen LogP contribution in [0.15, 0.2) is 30.3 Å². The Morgan fingerprint density at radius 3 is 2.68 bits per heavy atom. The summed E-state index contributed by atoms with van der Waals surface area (Å²) in [5, 5.41) is 19.1. The molecule has 0 bridgehead atoms. The summed E-state index contributed by atoms with van der Waals surface area (Å²) in [5.74, 6) is 2.00. The molecule has 1 N–H and O–H groups in total. The Balaban J connectivity index is 1.58. The molecule has 1 aromatic carbocycles. The van der Waals surface area contributed by atoms with Crippen molar-refractivity contribution in [2.75, 3.05) is 31.1 Å². The first-order valence-electron chi connectivity index (χ1n) is 9.29. The fraction of sp³-hybridized carbons (Fsp3) is 0.500. The van der Waals surface area contributed by atoms with E-state index in [4.69, 9.17) is 0 Å². The fourth-order valence-electron chi connectivity index (χ4n) is 4.38. The van der Waals surface area contributed by atoms with Gasteiger partial charge in [0, 0.05) is 24.7 Å². The number of anilines is 1. The van der Waals surface area contributed by atoms with Crippen LogP contribution in [0.5, 0.6) is 5.75 Å². The summed E-state index contributed by atoms with van der Waals surface area (Å²) in [6.07, 6.45) is 2.54. The van der Waals surface area contributed by atoms with Gasteiger partial charge in [-0.2, -0.15) is 0 Å². The third-order valence-electron chi connectivity index (χ3n) is 5.85. The lowest BCUT2D eigenvalue weighted by atomic mass is 9.92. The Hall–Kier alpha value is -2.14. The van der Waals surface area contributed by atoms with Gasteiger partial charge in [-0.15, -0.1) is 10.2 Å². The van der Waals surface area contributed by atoms with E-state index in [-0.39, 0.29) is 5.75 Å². The van der Waals surface area contributed by atoms with Crippen LogP contribution in [-0.2, 0) is 0 Å². The van der Waals surface area contributed by atoms with Gasteiger partial charge < -0.3 is 14.9 Å². The number of nitrogens with zero attached hydrogens (tertiary/aromatic N) is 4. The highest BCUT2D eigenvalue weighted by Crippen LogP contribution is 2.35. The number of phenolic OH excluding ortho intramolecular Hbond substituents is 1. The molecular weight excluding hydrogens is 312 g/mol. The summed E-state index contributed by atoms with van der Waals surface area (Å²) in [5.41, 5.74) is 2.51. The second-order valence-corrected chi connectivity index (χ2v) is 7.24. The minimum atomic E-state index is 0.258. The Bertz CT molecular complexity index is 726. The number of aryl methyl sites for hydroxylation is 1. The molecule has 0 aliphatic carbocycles. The van der Waals surface area contributed by atoms with Gasteiger partial charge in [-0.1, -0.05) is 19.1 Å². The first-order valence-corrected chi connectivity index (χ1v) is 9.29. The first kappa shape index (κ1) is 16.3. The molecule has 4 rings (SSSR count). The molecule has 132 valence electrons. The van der Waals surface area contributed by atoms with Crippen molar-refractivity contribution in [1.82, 2.24) is 15.1 Å².